The second-order valence-electron chi connectivity index (χ2n) is 8.22. The fraction of sp³-hybridized carbons (Fsp3) is 0.391. The summed E-state index contributed by atoms with van der Waals surface area (Å²) >= 11 is 1.29. The Bertz CT molecular complexity index is 883. The van der Waals surface area contributed by atoms with E-state index < -0.39 is 0 Å². The number of allylic oxidation sites excluding steroid dienone is 2. The zero-order chi connectivity index (χ0) is 19.2. The molecule has 0 saturated heterocycles. The number of aryl methyl sites for hydroxylation is 1. The van der Waals surface area contributed by atoms with Crippen molar-refractivity contribution in [2.75, 3.05) is 0 Å². The van der Waals surface area contributed by atoms with Gasteiger partial charge in [0.2, 0.25) is 0 Å². The lowest BCUT2D eigenvalue weighted by Crippen LogP contribution is -2.45. The van der Waals surface area contributed by atoms with Crippen molar-refractivity contribution < 1.29 is 14.0 Å². The Balaban J connectivity index is 1.64. The SMILES string of the molecule is CC1=CC2c3c(O)cc(OSc4ccc(C)cc4)cc3OC(C)(C)C2CC1. The molecule has 0 aromatic heterocycles. The molecule has 1 N–H and O–H groups in total. The molecule has 2 aromatic rings. The van der Waals surface area contributed by atoms with Gasteiger partial charge in [-0.15, -0.1) is 0 Å². The Morgan fingerprint density at radius 3 is 2.63 bits per heavy atom. The van der Waals surface area contributed by atoms with Gasteiger partial charge in [-0.2, -0.15) is 0 Å². The Labute approximate surface area is 165 Å². The molecule has 0 fully saturated rings. The van der Waals surface area contributed by atoms with E-state index in [4.69, 9.17) is 8.92 Å². The van der Waals surface area contributed by atoms with Gasteiger partial charge < -0.3 is 14.0 Å². The Hall–Kier alpha value is -2.07. The molecule has 142 valence electrons. The zero-order valence-corrected chi connectivity index (χ0v) is 17.1. The van der Waals surface area contributed by atoms with Crippen LogP contribution in [0.5, 0.6) is 17.2 Å². The Kier molecular flexibility index (Phi) is 4.63. The Morgan fingerprint density at radius 2 is 1.89 bits per heavy atom. The van der Waals surface area contributed by atoms with Crippen LogP contribution >= 0.6 is 12.0 Å². The van der Waals surface area contributed by atoms with Gasteiger partial charge in [0.05, 0.1) is 12.0 Å². The molecule has 2 unspecified atom stereocenters. The van der Waals surface area contributed by atoms with Crippen LogP contribution < -0.4 is 8.92 Å². The van der Waals surface area contributed by atoms with Crippen molar-refractivity contribution in [2.24, 2.45) is 5.92 Å². The highest BCUT2D eigenvalue weighted by Gasteiger charge is 2.45. The molecule has 4 rings (SSSR count). The number of ether oxygens (including phenoxy) is 1. The predicted molar refractivity (Wildman–Crippen MR) is 110 cm³/mol. The maximum atomic E-state index is 10.8. The van der Waals surface area contributed by atoms with E-state index in [-0.39, 0.29) is 17.3 Å². The summed E-state index contributed by atoms with van der Waals surface area (Å²) in [5, 5.41) is 10.8. The summed E-state index contributed by atoms with van der Waals surface area (Å²) in [6, 6.07) is 11.8. The first-order chi connectivity index (χ1) is 12.8. The number of rotatable bonds is 3. The summed E-state index contributed by atoms with van der Waals surface area (Å²) in [6.07, 6.45) is 4.48. The number of hydrogen-bond donors (Lipinski definition) is 1. The summed E-state index contributed by atoms with van der Waals surface area (Å²) in [4.78, 5) is 1.02. The van der Waals surface area contributed by atoms with Crippen LogP contribution in [0, 0.1) is 12.8 Å². The third-order valence-electron chi connectivity index (χ3n) is 5.70. The van der Waals surface area contributed by atoms with Gasteiger partial charge in [-0.1, -0.05) is 29.3 Å². The van der Waals surface area contributed by atoms with Gasteiger partial charge in [-0.3, -0.25) is 0 Å². The lowest BCUT2D eigenvalue weighted by molar-refractivity contribution is 0.0107. The topological polar surface area (TPSA) is 38.7 Å². The minimum atomic E-state index is -0.274. The van der Waals surface area contributed by atoms with Crippen LogP contribution in [0.4, 0.5) is 0 Å². The summed E-state index contributed by atoms with van der Waals surface area (Å²) in [7, 11) is 0. The highest BCUT2D eigenvalue weighted by molar-refractivity contribution is 7.95. The zero-order valence-electron chi connectivity index (χ0n) is 16.3. The van der Waals surface area contributed by atoms with Crippen molar-refractivity contribution in [3.63, 3.8) is 0 Å². The maximum absolute atomic E-state index is 10.8. The van der Waals surface area contributed by atoms with Crippen molar-refractivity contribution in [1.29, 1.82) is 0 Å². The Morgan fingerprint density at radius 1 is 1.15 bits per heavy atom. The van der Waals surface area contributed by atoms with Crippen molar-refractivity contribution in [3.05, 3.63) is 59.2 Å². The molecular formula is C23H26O3S. The quantitative estimate of drug-likeness (QED) is 0.492. The van der Waals surface area contributed by atoms with Crippen LogP contribution in [0.2, 0.25) is 0 Å². The van der Waals surface area contributed by atoms with Crippen molar-refractivity contribution in [2.45, 2.75) is 57.0 Å². The van der Waals surface area contributed by atoms with Crippen LogP contribution in [0.3, 0.4) is 0 Å². The van der Waals surface area contributed by atoms with E-state index in [0.717, 1.165) is 29.1 Å². The van der Waals surface area contributed by atoms with E-state index >= 15 is 0 Å². The summed E-state index contributed by atoms with van der Waals surface area (Å²) in [5.74, 6) is 2.14. The minimum absolute atomic E-state index is 0.191. The van der Waals surface area contributed by atoms with Gasteiger partial charge in [-0.05, 0) is 52.7 Å². The fourth-order valence-corrected chi connectivity index (χ4v) is 4.77. The van der Waals surface area contributed by atoms with Gasteiger partial charge in [0.1, 0.15) is 22.8 Å². The lowest BCUT2D eigenvalue weighted by Gasteiger charge is -2.46. The minimum Gasteiger partial charge on any atom is -0.507 e. The lowest BCUT2D eigenvalue weighted by atomic mass is 9.68. The maximum Gasteiger partial charge on any atom is 0.145 e. The second-order valence-corrected chi connectivity index (χ2v) is 9.03. The van der Waals surface area contributed by atoms with E-state index in [2.05, 4.69) is 45.9 Å². The van der Waals surface area contributed by atoms with Crippen LogP contribution in [0.1, 0.15) is 50.7 Å². The summed E-state index contributed by atoms with van der Waals surface area (Å²) in [6.45, 7) is 8.52. The molecule has 2 aliphatic rings. The summed E-state index contributed by atoms with van der Waals surface area (Å²) in [5.41, 5.74) is 3.22. The highest BCUT2D eigenvalue weighted by Crippen LogP contribution is 2.54. The van der Waals surface area contributed by atoms with E-state index in [1.54, 1.807) is 6.07 Å². The molecule has 1 aliphatic carbocycles. The molecule has 1 heterocycles. The average molecular weight is 383 g/mol. The van der Waals surface area contributed by atoms with Gasteiger partial charge in [0.25, 0.3) is 0 Å². The van der Waals surface area contributed by atoms with Crippen molar-refractivity contribution in [1.82, 2.24) is 0 Å². The van der Waals surface area contributed by atoms with Gasteiger partial charge in [0.15, 0.2) is 0 Å². The molecule has 4 heteroatoms. The molecule has 2 atom stereocenters. The smallest absolute Gasteiger partial charge is 0.145 e. The number of phenols is 1. The third-order valence-corrected chi connectivity index (χ3v) is 6.44. The first kappa shape index (κ1) is 18.3. The molecule has 0 spiro atoms. The van der Waals surface area contributed by atoms with E-state index in [9.17, 15) is 5.11 Å². The number of fused-ring (bicyclic) bond motifs is 3. The molecule has 0 saturated carbocycles. The molecule has 1 aliphatic heterocycles. The molecule has 0 bridgehead atoms. The predicted octanol–water partition coefficient (Wildman–Crippen LogP) is 6.40. The second kappa shape index (κ2) is 6.83. The fourth-order valence-electron chi connectivity index (χ4n) is 4.24. The van der Waals surface area contributed by atoms with Crippen LogP contribution in [-0.2, 0) is 0 Å². The monoisotopic (exact) mass is 382 g/mol. The molecule has 27 heavy (non-hydrogen) atoms. The molecule has 3 nitrogen and oxygen atoms in total. The van der Waals surface area contributed by atoms with Crippen LogP contribution in [0.25, 0.3) is 0 Å². The number of hydrogen-bond acceptors (Lipinski definition) is 4. The molecule has 2 aromatic carbocycles. The molecule has 0 amide bonds. The number of aromatic hydroxyl groups is 1. The molecule has 0 radical (unpaired) electrons. The first-order valence-electron chi connectivity index (χ1n) is 9.48. The van der Waals surface area contributed by atoms with E-state index in [1.165, 1.54) is 23.2 Å². The van der Waals surface area contributed by atoms with Gasteiger partial charge in [-0.25, -0.2) is 0 Å². The highest BCUT2D eigenvalue weighted by atomic mass is 32.2. The third kappa shape index (κ3) is 3.55. The van der Waals surface area contributed by atoms with E-state index in [0.29, 0.717) is 11.7 Å². The van der Waals surface area contributed by atoms with Gasteiger partial charge >= 0.3 is 0 Å². The first-order valence-corrected chi connectivity index (χ1v) is 10.2. The average Bonchev–Trinajstić information content (AvgIpc) is 2.60. The normalized spacial score (nSPS) is 22.9. The van der Waals surface area contributed by atoms with E-state index in [1.807, 2.05) is 18.2 Å². The largest absolute Gasteiger partial charge is 0.507 e. The summed E-state index contributed by atoms with van der Waals surface area (Å²) < 4.78 is 12.2. The van der Waals surface area contributed by atoms with Gasteiger partial charge in [0, 0.05) is 34.4 Å². The van der Waals surface area contributed by atoms with Crippen LogP contribution in [0.15, 0.2) is 52.9 Å². The van der Waals surface area contributed by atoms with Crippen molar-refractivity contribution in [3.8, 4) is 17.2 Å². The number of benzene rings is 2. The van der Waals surface area contributed by atoms with Crippen LogP contribution in [-0.4, -0.2) is 10.7 Å². The standard InChI is InChI=1S/C23H26O3S/c1-14-5-8-17(9-6-14)27-26-16-12-20(24)22-18-11-15(2)7-10-19(18)23(3,4)25-21(22)13-16/h5-6,8-9,11-13,18-19,24H,7,10H2,1-4H3. The molecular weight excluding hydrogens is 356 g/mol. The number of phenolic OH excluding ortho intramolecular Hbond substituents is 1. The van der Waals surface area contributed by atoms with Crippen molar-refractivity contribution >= 4 is 12.0 Å².